The topological polar surface area (TPSA) is 40.5 Å². The van der Waals surface area contributed by atoms with Crippen molar-refractivity contribution in [1.82, 2.24) is 0 Å². The van der Waals surface area contributed by atoms with Crippen molar-refractivity contribution >= 4 is 11.7 Å². The van der Waals surface area contributed by atoms with Gasteiger partial charge < -0.3 is 10.0 Å². The molecule has 0 heterocycles. The summed E-state index contributed by atoms with van der Waals surface area (Å²) >= 11 is 0. The summed E-state index contributed by atoms with van der Waals surface area (Å²) in [5, 5.41) is 9.07. The molecule has 1 rings (SSSR count). The van der Waals surface area contributed by atoms with Crippen molar-refractivity contribution in [3.8, 4) is 0 Å². The molecule has 0 aliphatic heterocycles. The highest BCUT2D eigenvalue weighted by atomic mass is 16.4. The number of carboxylic acids is 1. The Kier molecular flexibility index (Phi) is 5.20. The second-order valence-electron chi connectivity index (χ2n) is 5.21. The summed E-state index contributed by atoms with van der Waals surface area (Å²) in [6.07, 6.45) is 1.59. The molecule has 0 aromatic heterocycles. The summed E-state index contributed by atoms with van der Waals surface area (Å²) in [5.74, 6) is -0.717. The van der Waals surface area contributed by atoms with Crippen LogP contribution in [0.4, 0.5) is 5.69 Å². The Bertz CT molecular complexity index is 373. The van der Waals surface area contributed by atoms with E-state index in [0.29, 0.717) is 6.42 Å². The quantitative estimate of drug-likeness (QED) is 0.805. The average Bonchev–Trinajstić information content (AvgIpc) is 2.35. The summed E-state index contributed by atoms with van der Waals surface area (Å²) in [6.45, 7) is 7.53. The molecule has 3 nitrogen and oxygen atoms in total. The maximum Gasteiger partial charge on any atom is 0.309 e. The van der Waals surface area contributed by atoms with Crippen molar-refractivity contribution in [3.63, 3.8) is 0 Å². The van der Waals surface area contributed by atoms with Gasteiger partial charge in [-0.2, -0.15) is 0 Å². The third-order valence-electron chi connectivity index (χ3n) is 3.31. The molecular formula is C15H23NO2. The van der Waals surface area contributed by atoms with Crippen molar-refractivity contribution in [2.45, 2.75) is 33.6 Å². The molecule has 1 N–H and O–H groups in total. The smallest absolute Gasteiger partial charge is 0.309 e. The molecule has 3 heteroatoms. The number of hydrogen-bond donors (Lipinski definition) is 1. The second-order valence-corrected chi connectivity index (χ2v) is 5.21. The van der Waals surface area contributed by atoms with Crippen LogP contribution in [0.3, 0.4) is 0 Å². The molecule has 0 saturated heterocycles. The molecule has 1 aromatic carbocycles. The number of aliphatic carboxylic acids is 1. The van der Waals surface area contributed by atoms with Crippen molar-refractivity contribution in [3.05, 3.63) is 30.3 Å². The summed E-state index contributed by atoms with van der Waals surface area (Å²) in [7, 11) is 0. The largest absolute Gasteiger partial charge is 0.481 e. The fourth-order valence-corrected chi connectivity index (χ4v) is 1.93. The van der Waals surface area contributed by atoms with Gasteiger partial charge in [0.25, 0.3) is 0 Å². The van der Waals surface area contributed by atoms with Gasteiger partial charge in [0.05, 0.1) is 5.41 Å². The summed E-state index contributed by atoms with van der Waals surface area (Å²) in [4.78, 5) is 13.3. The lowest BCUT2D eigenvalue weighted by Crippen LogP contribution is -2.28. The lowest BCUT2D eigenvalue weighted by atomic mass is 9.88. The van der Waals surface area contributed by atoms with E-state index in [1.165, 1.54) is 5.69 Å². The molecule has 0 aliphatic rings. The average molecular weight is 249 g/mol. The number of hydrogen-bond acceptors (Lipinski definition) is 2. The van der Waals surface area contributed by atoms with E-state index in [0.717, 1.165) is 19.5 Å². The van der Waals surface area contributed by atoms with E-state index in [2.05, 4.69) is 24.0 Å². The van der Waals surface area contributed by atoms with E-state index in [1.54, 1.807) is 13.8 Å². The number of rotatable bonds is 7. The third-order valence-corrected chi connectivity index (χ3v) is 3.31. The molecule has 100 valence electrons. The van der Waals surface area contributed by atoms with Crippen LogP contribution in [0.15, 0.2) is 30.3 Å². The first kappa shape index (κ1) is 14.6. The normalized spacial score (nSPS) is 11.3. The van der Waals surface area contributed by atoms with Crippen LogP contribution >= 0.6 is 0 Å². The van der Waals surface area contributed by atoms with E-state index in [1.807, 2.05) is 18.2 Å². The number of para-hydroxylation sites is 1. The lowest BCUT2D eigenvalue weighted by molar-refractivity contribution is -0.147. The molecule has 0 radical (unpaired) electrons. The Morgan fingerprint density at radius 2 is 1.89 bits per heavy atom. The SMILES string of the molecule is CCN(CCCC(C)(C)C(=O)O)c1ccccc1. The van der Waals surface area contributed by atoms with Crippen LogP contribution in [0, 0.1) is 5.41 Å². The highest BCUT2D eigenvalue weighted by molar-refractivity contribution is 5.73. The number of benzene rings is 1. The van der Waals surface area contributed by atoms with Gasteiger partial charge in [-0.05, 0) is 45.7 Å². The molecule has 1 aromatic rings. The maximum atomic E-state index is 11.0. The first-order chi connectivity index (χ1) is 8.47. The van der Waals surface area contributed by atoms with Crippen LogP contribution in [-0.2, 0) is 4.79 Å². The van der Waals surface area contributed by atoms with Crippen LogP contribution in [0.2, 0.25) is 0 Å². The summed E-state index contributed by atoms with van der Waals surface area (Å²) < 4.78 is 0. The monoisotopic (exact) mass is 249 g/mol. The van der Waals surface area contributed by atoms with Crippen LogP contribution in [-0.4, -0.2) is 24.2 Å². The minimum atomic E-state index is -0.717. The number of nitrogens with zero attached hydrogens (tertiary/aromatic N) is 1. The second kappa shape index (κ2) is 6.43. The molecule has 0 spiro atoms. The van der Waals surface area contributed by atoms with Gasteiger partial charge in [-0.1, -0.05) is 18.2 Å². The summed E-state index contributed by atoms with van der Waals surface area (Å²) in [5.41, 5.74) is 0.573. The van der Waals surface area contributed by atoms with Crippen LogP contribution in [0.5, 0.6) is 0 Å². The van der Waals surface area contributed by atoms with Gasteiger partial charge in [0.1, 0.15) is 0 Å². The van der Waals surface area contributed by atoms with Gasteiger partial charge in [-0.15, -0.1) is 0 Å². The van der Waals surface area contributed by atoms with E-state index in [-0.39, 0.29) is 0 Å². The molecule has 0 amide bonds. The van der Waals surface area contributed by atoms with Crippen molar-refractivity contribution < 1.29 is 9.90 Å². The first-order valence-corrected chi connectivity index (χ1v) is 6.51. The minimum absolute atomic E-state index is 0.629. The predicted molar refractivity (Wildman–Crippen MR) is 75.0 cm³/mol. The van der Waals surface area contributed by atoms with Gasteiger partial charge in [0.2, 0.25) is 0 Å². The lowest BCUT2D eigenvalue weighted by Gasteiger charge is -2.25. The Morgan fingerprint density at radius 1 is 1.28 bits per heavy atom. The Balaban J connectivity index is 2.49. The van der Waals surface area contributed by atoms with Crippen LogP contribution < -0.4 is 4.90 Å². The fourth-order valence-electron chi connectivity index (χ4n) is 1.93. The highest BCUT2D eigenvalue weighted by Gasteiger charge is 2.26. The molecule has 0 unspecified atom stereocenters. The van der Waals surface area contributed by atoms with Crippen LogP contribution in [0.1, 0.15) is 33.6 Å². The summed E-state index contributed by atoms with van der Waals surface area (Å²) in [6, 6.07) is 10.2. The van der Waals surface area contributed by atoms with Gasteiger partial charge >= 0.3 is 5.97 Å². The van der Waals surface area contributed by atoms with Gasteiger partial charge in [0.15, 0.2) is 0 Å². The number of anilines is 1. The fraction of sp³-hybridized carbons (Fsp3) is 0.533. The van der Waals surface area contributed by atoms with E-state index in [9.17, 15) is 4.79 Å². The van der Waals surface area contributed by atoms with E-state index in [4.69, 9.17) is 5.11 Å². The van der Waals surface area contributed by atoms with Crippen molar-refractivity contribution in [2.75, 3.05) is 18.0 Å². The van der Waals surface area contributed by atoms with E-state index >= 15 is 0 Å². The Hall–Kier alpha value is -1.51. The van der Waals surface area contributed by atoms with Crippen molar-refractivity contribution in [2.24, 2.45) is 5.41 Å². The minimum Gasteiger partial charge on any atom is -0.481 e. The molecule has 0 bridgehead atoms. The molecular weight excluding hydrogens is 226 g/mol. The zero-order valence-corrected chi connectivity index (χ0v) is 11.5. The first-order valence-electron chi connectivity index (χ1n) is 6.51. The number of carbonyl (C=O) groups is 1. The van der Waals surface area contributed by atoms with Gasteiger partial charge in [0, 0.05) is 18.8 Å². The van der Waals surface area contributed by atoms with Gasteiger partial charge in [-0.3, -0.25) is 4.79 Å². The maximum absolute atomic E-state index is 11.0. The zero-order chi connectivity index (χ0) is 13.6. The number of carboxylic acid groups (broad SMARTS) is 1. The zero-order valence-electron chi connectivity index (χ0n) is 11.5. The third kappa shape index (κ3) is 4.06. The highest BCUT2D eigenvalue weighted by Crippen LogP contribution is 2.23. The van der Waals surface area contributed by atoms with E-state index < -0.39 is 11.4 Å². The standard InChI is InChI=1S/C15H23NO2/c1-4-16(13-9-6-5-7-10-13)12-8-11-15(2,3)14(17)18/h5-7,9-10H,4,8,11-12H2,1-3H3,(H,17,18). The molecule has 0 fully saturated rings. The van der Waals surface area contributed by atoms with Crippen LogP contribution in [0.25, 0.3) is 0 Å². The molecule has 0 atom stereocenters. The molecule has 0 saturated carbocycles. The van der Waals surface area contributed by atoms with Gasteiger partial charge in [-0.25, -0.2) is 0 Å². The Labute approximate surface area is 109 Å². The molecule has 0 aliphatic carbocycles. The molecule has 18 heavy (non-hydrogen) atoms. The Morgan fingerprint density at radius 3 is 2.39 bits per heavy atom. The predicted octanol–water partition coefficient (Wildman–Crippen LogP) is 3.40. The van der Waals surface area contributed by atoms with Crippen molar-refractivity contribution in [1.29, 1.82) is 0 Å².